The fourth-order valence-electron chi connectivity index (χ4n) is 2.23. The lowest BCUT2D eigenvalue weighted by Crippen LogP contribution is -2.11. The Morgan fingerprint density at radius 1 is 1.04 bits per heavy atom. The normalized spacial score (nSPS) is 10.2. The zero-order valence-electron chi connectivity index (χ0n) is 13.5. The lowest BCUT2D eigenvalue weighted by atomic mass is 10.2. The van der Waals surface area contributed by atoms with Crippen molar-refractivity contribution in [3.8, 4) is 5.75 Å². The van der Waals surface area contributed by atoms with Gasteiger partial charge in [0.25, 0.3) is 5.91 Å². The van der Waals surface area contributed by atoms with Gasteiger partial charge in [0.2, 0.25) is 0 Å². The van der Waals surface area contributed by atoms with E-state index in [-0.39, 0.29) is 5.91 Å². The second kappa shape index (κ2) is 7.68. The molecule has 1 heterocycles. The summed E-state index contributed by atoms with van der Waals surface area (Å²) < 4.78 is 5.29. The average molecular weight is 354 g/mol. The van der Waals surface area contributed by atoms with Gasteiger partial charge in [-0.25, -0.2) is 4.98 Å². The van der Waals surface area contributed by atoms with Gasteiger partial charge >= 0.3 is 0 Å². The Hall–Kier alpha value is -3.05. The monoisotopic (exact) mass is 353 g/mol. The van der Waals surface area contributed by atoms with Crippen LogP contribution in [0, 0.1) is 0 Å². The minimum absolute atomic E-state index is 0.219. The average Bonchev–Trinajstić information content (AvgIpc) is 2.64. The highest BCUT2D eigenvalue weighted by atomic mass is 35.5. The number of nitrogens with one attached hydrogen (secondary N) is 2. The van der Waals surface area contributed by atoms with E-state index < -0.39 is 0 Å². The number of methoxy groups -OCH3 is 1. The Morgan fingerprint density at radius 3 is 2.48 bits per heavy atom. The summed E-state index contributed by atoms with van der Waals surface area (Å²) in [6, 6.07) is 17.8. The van der Waals surface area contributed by atoms with E-state index in [0.717, 1.165) is 11.4 Å². The maximum absolute atomic E-state index is 12.2. The minimum atomic E-state index is -0.219. The van der Waals surface area contributed by atoms with Crippen LogP contribution in [0.25, 0.3) is 0 Å². The molecule has 0 saturated heterocycles. The number of pyridine rings is 1. The number of nitrogens with zero attached hydrogens (tertiary/aromatic N) is 1. The van der Waals surface area contributed by atoms with E-state index in [4.69, 9.17) is 16.3 Å². The SMILES string of the molecule is COc1ccccc1Nc1ccc(NC(=O)c2ccc(Cl)cc2)cn1. The van der Waals surface area contributed by atoms with Crippen LogP contribution in [0.5, 0.6) is 5.75 Å². The molecular weight excluding hydrogens is 338 g/mol. The van der Waals surface area contributed by atoms with E-state index >= 15 is 0 Å². The molecule has 0 unspecified atom stereocenters. The summed E-state index contributed by atoms with van der Waals surface area (Å²) in [7, 11) is 1.61. The molecule has 126 valence electrons. The number of anilines is 3. The fraction of sp³-hybridized carbons (Fsp3) is 0.0526. The van der Waals surface area contributed by atoms with Crippen molar-refractivity contribution in [1.29, 1.82) is 0 Å². The van der Waals surface area contributed by atoms with Crippen LogP contribution >= 0.6 is 11.6 Å². The number of hydrogen-bond donors (Lipinski definition) is 2. The second-order valence-electron chi connectivity index (χ2n) is 5.22. The van der Waals surface area contributed by atoms with Gasteiger partial charge in [0.1, 0.15) is 11.6 Å². The second-order valence-corrected chi connectivity index (χ2v) is 5.65. The van der Waals surface area contributed by atoms with Gasteiger partial charge in [-0.3, -0.25) is 4.79 Å². The Bertz CT molecular complexity index is 865. The van der Waals surface area contributed by atoms with Crippen molar-refractivity contribution in [2.45, 2.75) is 0 Å². The number of carbonyl (C=O) groups excluding carboxylic acids is 1. The number of halogens is 1. The molecule has 3 rings (SSSR count). The third-order valence-corrected chi connectivity index (χ3v) is 3.75. The molecule has 25 heavy (non-hydrogen) atoms. The third-order valence-electron chi connectivity index (χ3n) is 3.50. The topological polar surface area (TPSA) is 63.2 Å². The summed E-state index contributed by atoms with van der Waals surface area (Å²) in [5.41, 5.74) is 1.95. The van der Waals surface area contributed by atoms with Gasteiger partial charge in [0.05, 0.1) is 24.7 Å². The maximum Gasteiger partial charge on any atom is 0.255 e. The van der Waals surface area contributed by atoms with Crippen molar-refractivity contribution in [3.05, 3.63) is 77.4 Å². The van der Waals surface area contributed by atoms with E-state index in [9.17, 15) is 4.79 Å². The zero-order valence-corrected chi connectivity index (χ0v) is 14.2. The van der Waals surface area contributed by atoms with Crippen LogP contribution in [0.2, 0.25) is 5.02 Å². The number of benzene rings is 2. The summed E-state index contributed by atoms with van der Waals surface area (Å²) in [5.74, 6) is 1.15. The van der Waals surface area contributed by atoms with Gasteiger partial charge in [-0.05, 0) is 48.5 Å². The molecule has 2 N–H and O–H groups in total. The number of amides is 1. The Labute approximate surface area is 150 Å². The molecule has 5 nitrogen and oxygen atoms in total. The summed E-state index contributed by atoms with van der Waals surface area (Å²) in [5, 5.41) is 6.56. The first-order valence-electron chi connectivity index (χ1n) is 7.59. The number of carbonyl (C=O) groups is 1. The van der Waals surface area contributed by atoms with Crippen LogP contribution in [-0.2, 0) is 0 Å². The van der Waals surface area contributed by atoms with E-state index in [2.05, 4.69) is 15.6 Å². The molecule has 0 atom stereocenters. The van der Waals surface area contributed by atoms with E-state index in [1.54, 1.807) is 49.7 Å². The first-order valence-corrected chi connectivity index (χ1v) is 7.96. The molecule has 0 fully saturated rings. The number of rotatable bonds is 5. The third kappa shape index (κ3) is 4.28. The largest absolute Gasteiger partial charge is 0.495 e. The quantitative estimate of drug-likeness (QED) is 0.695. The van der Waals surface area contributed by atoms with Crippen molar-refractivity contribution in [3.63, 3.8) is 0 Å². The van der Waals surface area contributed by atoms with E-state index in [1.807, 2.05) is 24.3 Å². The predicted octanol–water partition coefficient (Wildman–Crippen LogP) is 4.74. The van der Waals surface area contributed by atoms with Gasteiger partial charge < -0.3 is 15.4 Å². The molecule has 2 aromatic carbocycles. The predicted molar refractivity (Wildman–Crippen MR) is 99.9 cm³/mol. The van der Waals surface area contributed by atoms with Gasteiger partial charge in [-0.15, -0.1) is 0 Å². The van der Waals surface area contributed by atoms with Crippen LogP contribution in [0.4, 0.5) is 17.2 Å². The van der Waals surface area contributed by atoms with Crippen molar-refractivity contribution in [2.24, 2.45) is 0 Å². The first kappa shape index (κ1) is 16.8. The van der Waals surface area contributed by atoms with Crippen LogP contribution in [0.1, 0.15) is 10.4 Å². The lowest BCUT2D eigenvalue weighted by molar-refractivity contribution is 0.102. The summed E-state index contributed by atoms with van der Waals surface area (Å²) in [6.07, 6.45) is 1.59. The molecule has 1 aromatic heterocycles. The van der Waals surface area contributed by atoms with Crippen molar-refractivity contribution in [1.82, 2.24) is 4.98 Å². The number of ether oxygens (including phenoxy) is 1. The molecule has 0 aliphatic heterocycles. The Kier molecular flexibility index (Phi) is 5.16. The molecule has 0 aliphatic carbocycles. The highest BCUT2D eigenvalue weighted by Crippen LogP contribution is 2.26. The lowest BCUT2D eigenvalue weighted by Gasteiger charge is -2.11. The smallest absolute Gasteiger partial charge is 0.255 e. The number of aromatic nitrogens is 1. The van der Waals surface area contributed by atoms with Crippen molar-refractivity contribution in [2.75, 3.05) is 17.7 Å². The summed E-state index contributed by atoms with van der Waals surface area (Å²) >= 11 is 5.82. The molecular formula is C19H16ClN3O2. The highest BCUT2D eigenvalue weighted by Gasteiger charge is 2.07. The van der Waals surface area contributed by atoms with Crippen LogP contribution in [0.15, 0.2) is 66.9 Å². The maximum atomic E-state index is 12.2. The fourth-order valence-corrected chi connectivity index (χ4v) is 2.36. The van der Waals surface area contributed by atoms with Crippen LogP contribution in [0.3, 0.4) is 0 Å². The Balaban J connectivity index is 1.68. The molecule has 6 heteroatoms. The summed E-state index contributed by atoms with van der Waals surface area (Å²) in [4.78, 5) is 16.5. The molecule has 0 radical (unpaired) electrons. The first-order chi connectivity index (χ1) is 12.2. The molecule has 0 saturated carbocycles. The van der Waals surface area contributed by atoms with E-state index in [0.29, 0.717) is 22.1 Å². The van der Waals surface area contributed by atoms with Gasteiger partial charge in [-0.1, -0.05) is 23.7 Å². The zero-order chi connectivity index (χ0) is 17.6. The number of para-hydroxylation sites is 2. The minimum Gasteiger partial charge on any atom is -0.495 e. The van der Waals surface area contributed by atoms with Crippen molar-refractivity contribution < 1.29 is 9.53 Å². The molecule has 0 spiro atoms. The standard InChI is InChI=1S/C19H16ClN3O2/c1-25-17-5-3-2-4-16(17)23-18-11-10-15(12-21-18)22-19(24)13-6-8-14(20)9-7-13/h2-12H,1H3,(H,21,23)(H,22,24). The molecule has 1 amide bonds. The van der Waals surface area contributed by atoms with E-state index in [1.165, 1.54) is 0 Å². The van der Waals surface area contributed by atoms with Gasteiger partial charge in [0, 0.05) is 10.6 Å². The molecule has 3 aromatic rings. The molecule has 0 aliphatic rings. The van der Waals surface area contributed by atoms with Gasteiger partial charge in [0.15, 0.2) is 0 Å². The molecule has 0 bridgehead atoms. The van der Waals surface area contributed by atoms with Crippen molar-refractivity contribution >= 4 is 34.7 Å². The highest BCUT2D eigenvalue weighted by molar-refractivity contribution is 6.30. The number of hydrogen-bond acceptors (Lipinski definition) is 4. The van der Waals surface area contributed by atoms with Crippen LogP contribution in [-0.4, -0.2) is 18.0 Å². The van der Waals surface area contributed by atoms with Gasteiger partial charge in [-0.2, -0.15) is 0 Å². The summed E-state index contributed by atoms with van der Waals surface area (Å²) in [6.45, 7) is 0. The van der Waals surface area contributed by atoms with Crippen LogP contribution < -0.4 is 15.4 Å². The Morgan fingerprint density at radius 2 is 1.80 bits per heavy atom.